The molecule has 0 bridgehead atoms. The SMILES string of the molecule is CCC1CCC(c2ccc(CCc3ccc(C#N)c(C)c3)cc2)CC1. The molecule has 0 aromatic heterocycles. The summed E-state index contributed by atoms with van der Waals surface area (Å²) in [5.74, 6) is 1.74. The molecule has 0 amide bonds. The van der Waals surface area contributed by atoms with Gasteiger partial charge < -0.3 is 0 Å². The predicted octanol–water partition coefficient (Wildman–Crippen LogP) is 6.34. The van der Waals surface area contributed by atoms with Gasteiger partial charge in [-0.15, -0.1) is 0 Å². The number of aryl methyl sites for hydroxylation is 3. The monoisotopic (exact) mass is 331 g/mol. The van der Waals surface area contributed by atoms with Crippen molar-refractivity contribution in [3.05, 3.63) is 70.3 Å². The lowest BCUT2D eigenvalue weighted by molar-refractivity contribution is 0.319. The summed E-state index contributed by atoms with van der Waals surface area (Å²) in [6.45, 7) is 4.35. The average molecular weight is 332 g/mol. The Kier molecular flexibility index (Phi) is 5.92. The van der Waals surface area contributed by atoms with E-state index in [1.54, 1.807) is 0 Å². The average Bonchev–Trinajstić information content (AvgIpc) is 2.67. The minimum absolute atomic E-state index is 0.776. The van der Waals surface area contributed by atoms with Gasteiger partial charge in [0.15, 0.2) is 0 Å². The molecule has 0 unspecified atom stereocenters. The first kappa shape index (κ1) is 17.7. The van der Waals surface area contributed by atoms with Crippen LogP contribution in [0.15, 0.2) is 42.5 Å². The molecule has 25 heavy (non-hydrogen) atoms. The lowest BCUT2D eigenvalue weighted by Crippen LogP contribution is -2.12. The van der Waals surface area contributed by atoms with Crippen LogP contribution in [-0.4, -0.2) is 0 Å². The molecule has 0 saturated heterocycles. The summed E-state index contributed by atoms with van der Waals surface area (Å²) in [6, 6.07) is 17.8. The van der Waals surface area contributed by atoms with Crippen molar-refractivity contribution in [3.63, 3.8) is 0 Å². The molecular formula is C24H29N. The van der Waals surface area contributed by atoms with E-state index in [9.17, 15) is 0 Å². The largest absolute Gasteiger partial charge is 0.192 e. The number of rotatable bonds is 5. The zero-order chi connectivity index (χ0) is 17.6. The Morgan fingerprint density at radius 1 is 0.920 bits per heavy atom. The van der Waals surface area contributed by atoms with Crippen molar-refractivity contribution in [1.82, 2.24) is 0 Å². The third-order valence-electron chi connectivity index (χ3n) is 5.99. The Hall–Kier alpha value is -2.07. The number of nitriles is 1. The minimum atomic E-state index is 0.776. The van der Waals surface area contributed by atoms with Gasteiger partial charge >= 0.3 is 0 Å². The molecule has 1 heteroatoms. The van der Waals surface area contributed by atoms with Crippen molar-refractivity contribution >= 4 is 0 Å². The molecule has 1 fully saturated rings. The molecule has 2 aromatic rings. The smallest absolute Gasteiger partial charge is 0.0994 e. The van der Waals surface area contributed by atoms with E-state index in [2.05, 4.69) is 49.4 Å². The molecular weight excluding hydrogens is 302 g/mol. The number of hydrogen-bond donors (Lipinski definition) is 0. The fourth-order valence-corrected chi connectivity index (χ4v) is 4.16. The molecule has 3 rings (SSSR count). The van der Waals surface area contributed by atoms with Crippen molar-refractivity contribution < 1.29 is 0 Å². The van der Waals surface area contributed by atoms with Gasteiger partial charge in [0.25, 0.3) is 0 Å². The highest BCUT2D eigenvalue weighted by Gasteiger charge is 2.20. The summed E-state index contributed by atoms with van der Waals surface area (Å²) in [5, 5.41) is 9.03. The summed E-state index contributed by atoms with van der Waals surface area (Å²) in [4.78, 5) is 0. The van der Waals surface area contributed by atoms with Crippen molar-refractivity contribution in [2.24, 2.45) is 5.92 Å². The van der Waals surface area contributed by atoms with Gasteiger partial charge in [-0.05, 0) is 85.6 Å². The third-order valence-corrected chi connectivity index (χ3v) is 5.99. The highest BCUT2D eigenvalue weighted by molar-refractivity contribution is 5.39. The maximum Gasteiger partial charge on any atom is 0.0994 e. The standard InChI is InChI=1S/C24H29N/c1-3-19-6-11-22(12-7-19)23-13-8-20(9-14-23)4-5-21-10-15-24(17-25)18(2)16-21/h8-10,13-16,19,22H,3-7,11-12H2,1-2H3. The molecule has 0 spiro atoms. The van der Waals surface area contributed by atoms with Crippen LogP contribution < -0.4 is 0 Å². The summed E-state index contributed by atoms with van der Waals surface area (Å²) in [6.07, 6.45) is 8.98. The van der Waals surface area contributed by atoms with Crippen molar-refractivity contribution in [1.29, 1.82) is 5.26 Å². The van der Waals surface area contributed by atoms with Gasteiger partial charge in [0.2, 0.25) is 0 Å². The molecule has 1 aliphatic rings. The molecule has 1 nitrogen and oxygen atoms in total. The normalized spacial score (nSPS) is 20.2. The van der Waals surface area contributed by atoms with Gasteiger partial charge in [0, 0.05) is 0 Å². The lowest BCUT2D eigenvalue weighted by Gasteiger charge is -2.28. The molecule has 0 N–H and O–H groups in total. The van der Waals surface area contributed by atoms with Gasteiger partial charge in [-0.1, -0.05) is 49.7 Å². The molecule has 2 aromatic carbocycles. The van der Waals surface area contributed by atoms with Gasteiger partial charge in [-0.3, -0.25) is 0 Å². The quantitative estimate of drug-likeness (QED) is 0.627. The van der Waals surface area contributed by atoms with Crippen LogP contribution in [0.4, 0.5) is 0 Å². The van der Waals surface area contributed by atoms with E-state index < -0.39 is 0 Å². The molecule has 130 valence electrons. The van der Waals surface area contributed by atoms with E-state index in [-0.39, 0.29) is 0 Å². The predicted molar refractivity (Wildman–Crippen MR) is 105 cm³/mol. The fourth-order valence-electron chi connectivity index (χ4n) is 4.16. The Balaban J connectivity index is 1.56. The number of hydrogen-bond acceptors (Lipinski definition) is 1. The molecule has 1 aliphatic carbocycles. The van der Waals surface area contributed by atoms with Gasteiger partial charge in [-0.25, -0.2) is 0 Å². The van der Waals surface area contributed by atoms with Gasteiger partial charge in [0.05, 0.1) is 11.6 Å². The van der Waals surface area contributed by atoms with Crippen molar-refractivity contribution in [2.45, 2.75) is 64.7 Å². The second-order valence-electron chi connectivity index (χ2n) is 7.63. The molecule has 0 atom stereocenters. The lowest BCUT2D eigenvalue weighted by atomic mass is 9.78. The first-order chi connectivity index (χ1) is 12.2. The Morgan fingerprint density at radius 3 is 2.16 bits per heavy atom. The maximum absolute atomic E-state index is 9.03. The van der Waals surface area contributed by atoms with Crippen LogP contribution in [0.1, 0.15) is 72.8 Å². The van der Waals surface area contributed by atoms with Crippen LogP contribution >= 0.6 is 0 Å². The second-order valence-corrected chi connectivity index (χ2v) is 7.63. The van der Waals surface area contributed by atoms with Crippen LogP contribution in [0.2, 0.25) is 0 Å². The molecule has 0 aliphatic heterocycles. The fraction of sp³-hybridized carbons (Fsp3) is 0.458. The second kappa shape index (κ2) is 8.34. The number of benzene rings is 2. The van der Waals surface area contributed by atoms with Crippen molar-refractivity contribution in [2.75, 3.05) is 0 Å². The number of nitrogens with zero attached hydrogens (tertiary/aromatic N) is 1. The first-order valence-corrected chi connectivity index (χ1v) is 9.78. The van der Waals surface area contributed by atoms with Gasteiger partial charge in [-0.2, -0.15) is 5.26 Å². The zero-order valence-corrected chi connectivity index (χ0v) is 15.6. The van der Waals surface area contributed by atoms with Crippen LogP contribution in [-0.2, 0) is 12.8 Å². The van der Waals surface area contributed by atoms with E-state index in [0.29, 0.717) is 0 Å². The van der Waals surface area contributed by atoms with E-state index in [0.717, 1.165) is 35.8 Å². The zero-order valence-electron chi connectivity index (χ0n) is 15.6. The summed E-state index contributed by atoms with van der Waals surface area (Å²) in [7, 11) is 0. The maximum atomic E-state index is 9.03. The van der Waals surface area contributed by atoms with E-state index >= 15 is 0 Å². The van der Waals surface area contributed by atoms with E-state index in [1.165, 1.54) is 48.8 Å². The van der Waals surface area contributed by atoms with Crippen LogP contribution in [0.5, 0.6) is 0 Å². The van der Waals surface area contributed by atoms with Crippen LogP contribution in [0, 0.1) is 24.2 Å². The summed E-state index contributed by atoms with van der Waals surface area (Å²) in [5.41, 5.74) is 6.13. The molecule has 0 radical (unpaired) electrons. The van der Waals surface area contributed by atoms with E-state index in [1.807, 2.05) is 13.0 Å². The summed E-state index contributed by atoms with van der Waals surface area (Å²) >= 11 is 0. The molecule has 1 saturated carbocycles. The van der Waals surface area contributed by atoms with Gasteiger partial charge in [0.1, 0.15) is 0 Å². The van der Waals surface area contributed by atoms with E-state index in [4.69, 9.17) is 5.26 Å². The highest BCUT2D eigenvalue weighted by Crippen LogP contribution is 2.36. The Morgan fingerprint density at radius 2 is 1.56 bits per heavy atom. The summed E-state index contributed by atoms with van der Waals surface area (Å²) < 4.78 is 0. The minimum Gasteiger partial charge on any atom is -0.192 e. The Labute approximate surface area is 152 Å². The van der Waals surface area contributed by atoms with Crippen molar-refractivity contribution in [3.8, 4) is 6.07 Å². The van der Waals surface area contributed by atoms with Crippen LogP contribution in [0.3, 0.4) is 0 Å². The highest BCUT2D eigenvalue weighted by atomic mass is 14.3. The first-order valence-electron chi connectivity index (χ1n) is 9.78. The Bertz CT molecular complexity index is 728. The topological polar surface area (TPSA) is 23.8 Å². The molecule has 0 heterocycles. The van der Waals surface area contributed by atoms with Crippen LogP contribution in [0.25, 0.3) is 0 Å². The third kappa shape index (κ3) is 4.51.